The van der Waals surface area contributed by atoms with E-state index in [1.165, 1.54) is 0 Å². The van der Waals surface area contributed by atoms with Gasteiger partial charge >= 0.3 is 0 Å². The topological polar surface area (TPSA) is 101 Å². The molecule has 0 bridgehead atoms. The summed E-state index contributed by atoms with van der Waals surface area (Å²) < 4.78 is 31.6. The van der Waals surface area contributed by atoms with Gasteiger partial charge < -0.3 is 15.0 Å². The summed E-state index contributed by atoms with van der Waals surface area (Å²) in [5, 5.41) is 3.34. The number of sulfonamides is 1. The van der Waals surface area contributed by atoms with Gasteiger partial charge in [0, 0.05) is 18.8 Å². The molecule has 1 aliphatic heterocycles. The number of hydrogen-bond donors (Lipinski definition) is 2. The highest BCUT2D eigenvalue weighted by Gasteiger charge is 2.26. The van der Waals surface area contributed by atoms with E-state index in [9.17, 15) is 13.2 Å². The van der Waals surface area contributed by atoms with Gasteiger partial charge in [-0.15, -0.1) is 0 Å². The molecule has 0 radical (unpaired) electrons. The fourth-order valence-corrected chi connectivity index (χ4v) is 3.88. The van der Waals surface area contributed by atoms with Gasteiger partial charge in [0.05, 0.1) is 31.1 Å². The van der Waals surface area contributed by atoms with E-state index in [1.54, 1.807) is 18.0 Å². The molecule has 1 aromatic rings. The molecular weight excluding hydrogens is 368 g/mol. The largest absolute Gasteiger partial charge is 0.381 e. The lowest BCUT2D eigenvalue weighted by Gasteiger charge is -2.31. The first-order valence-electron chi connectivity index (χ1n) is 9.47. The molecule has 1 aromatic heterocycles. The Balaban J connectivity index is 2.01. The van der Waals surface area contributed by atoms with Gasteiger partial charge in [0.2, 0.25) is 15.9 Å². The number of nitrogens with zero attached hydrogens (tertiary/aromatic N) is 2. The van der Waals surface area contributed by atoms with Crippen molar-refractivity contribution in [3.8, 4) is 0 Å². The van der Waals surface area contributed by atoms with Crippen LogP contribution in [0.2, 0.25) is 0 Å². The minimum Gasteiger partial charge on any atom is -0.381 e. The maximum Gasteiger partial charge on any atom is 0.238 e. The lowest BCUT2D eigenvalue weighted by Crippen LogP contribution is -2.46. The molecule has 8 nitrogen and oxygen atoms in total. The van der Waals surface area contributed by atoms with E-state index in [0.29, 0.717) is 13.2 Å². The predicted molar refractivity (Wildman–Crippen MR) is 104 cm³/mol. The Kier molecular flexibility index (Phi) is 9.12. The van der Waals surface area contributed by atoms with E-state index >= 15 is 0 Å². The standard InChI is InChI=1S/C18H30N4O4S/c1-2-26-12-13-27(24,25)21-14-18(23)22(15-16-6-3-4-10-20-16)17-7-5-9-19-11-8-17/h3-4,6,10,17,19,21H,2,5,7-9,11-15H2,1H3. The highest BCUT2D eigenvalue weighted by Crippen LogP contribution is 2.16. The minimum absolute atomic E-state index is 0.0717. The molecule has 1 amide bonds. The third-order valence-electron chi connectivity index (χ3n) is 4.51. The Morgan fingerprint density at radius 1 is 1.37 bits per heavy atom. The molecule has 2 heterocycles. The van der Waals surface area contributed by atoms with E-state index in [0.717, 1.165) is 38.0 Å². The van der Waals surface area contributed by atoms with Crippen LogP contribution in [0, 0.1) is 0 Å². The van der Waals surface area contributed by atoms with Crippen LogP contribution in [-0.2, 0) is 26.1 Å². The van der Waals surface area contributed by atoms with E-state index < -0.39 is 10.0 Å². The molecule has 2 N–H and O–H groups in total. The number of pyridine rings is 1. The maximum absolute atomic E-state index is 12.9. The number of carbonyl (C=O) groups excluding carboxylic acids is 1. The summed E-state index contributed by atoms with van der Waals surface area (Å²) in [7, 11) is -3.54. The van der Waals surface area contributed by atoms with Crippen LogP contribution in [0.4, 0.5) is 0 Å². The van der Waals surface area contributed by atoms with Crippen LogP contribution in [0.1, 0.15) is 31.9 Å². The lowest BCUT2D eigenvalue weighted by atomic mass is 10.1. The number of carbonyl (C=O) groups is 1. The zero-order valence-corrected chi connectivity index (χ0v) is 16.7. The third-order valence-corrected chi connectivity index (χ3v) is 5.80. The van der Waals surface area contributed by atoms with Crippen molar-refractivity contribution in [1.82, 2.24) is 19.9 Å². The molecule has 1 fully saturated rings. The van der Waals surface area contributed by atoms with Crippen LogP contribution in [0.15, 0.2) is 24.4 Å². The van der Waals surface area contributed by atoms with Crippen LogP contribution in [-0.4, -0.2) is 68.9 Å². The summed E-state index contributed by atoms with van der Waals surface area (Å²) in [6.07, 6.45) is 4.41. The van der Waals surface area contributed by atoms with Gasteiger partial charge in [-0.3, -0.25) is 9.78 Å². The third kappa shape index (κ3) is 7.92. The molecule has 27 heavy (non-hydrogen) atoms. The average Bonchev–Trinajstić information content (AvgIpc) is 2.94. The van der Waals surface area contributed by atoms with Crippen molar-refractivity contribution in [2.45, 2.75) is 38.8 Å². The second-order valence-corrected chi connectivity index (χ2v) is 8.44. The Morgan fingerprint density at radius 2 is 2.22 bits per heavy atom. The first-order valence-corrected chi connectivity index (χ1v) is 11.1. The van der Waals surface area contributed by atoms with Crippen molar-refractivity contribution in [3.63, 3.8) is 0 Å². The summed E-state index contributed by atoms with van der Waals surface area (Å²) in [5.41, 5.74) is 0.794. The van der Waals surface area contributed by atoms with Crippen LogP contribution in [0.3, 0.4) is 0 Å². The molecule has 0 saturated carbocycles. The molecule has 1 unspecified atom stereocenters. The number of ether oxygens (including phenoxy) is 1. The summed E-state index contributed by atoms with van der Waals surface area (Å²) in [5.74, 6) is -0.380. The van der Waals surface area contributed by atoms with Crippen LogP contribution in [0.25, 0.3) is 0 Å². The molecule has 0 aliphatic carbocycles. The van der Waals surface area contributed by atoms with Gasteiger partial charge in [0.1, 0.15) is 0 Å². The Morgan fingerprint density at radius 3 is 2.96 bits per heavy atom. The summed E-state index contributed by atoms with van der Waals surface area (Å²) >= 11 is 0. The Bertz CT molecular complexity index is 661. The molecule has 9 heteroatoms. The van der Waals surface area contributed by atoms with Crippen molar-refractivity contribution in [2.24, 2.45) is 0 Å². The highest BCUT2D eigenvalue weighted by atomic mass is 32.2. The average molecular weight is 399 g/mol. The quantitative estimate of drug-likeness (QED) is 0.557. The van der Waals surface area contributed by atoms with E-state index in [4.69, 9.17) is 4.74 Å². The maximum atomic E-state index is 12.9. The molecule has 0 aromatic carbocycles. The molecule has 1 saturated heterocycles. The van der Waals surface area contributed by atoms with Crippen LogP contribution < -0.4 is 10.0 Å². The number of nitrogens with one attached hydrogen (secondary N) is 2. The zero-order valence-electron chi connectivity index (χ0n) is 15.9. The summed E-state index contributed by atoms with van der Waals surface area (Å²) in [6, 6.07) is 5.66. The zero-order chi connectivity index (χ0) is 19.5. The summed E-state index contributed by atoms with van der Waals surface area (Å²) in [4.78, 5) is 18.9. The first kappa shape index (κ1) is 21.7. The molecule has 0 spiro atoms. The molecule has 1 atom stereocenters. The highest BCUT2D eigenvalue weighted by molar-refractivity contribution is 7.89. The van der Waals surface area contributed by atoms with Crippen LogP contribution >= 0.6 is 0 Å². The second-order valence-electron chi connectivity index (χ2n) is 6.51. The molecule has 152 valence electrons. The Hall–Kier alpha value is -1.55. The Labute approximate surface area is 161 Å². The second kappa shape index (κ2) is 11.3. The molecule has 1 aliphatic rings. The smallest absolute Gasteiger partial charge is 0.238 e. The van der Waals surface area contributed by atoms with Crippen molar-refractivity contribution < 1.29 is 17.9 Å². The number of rotatable bonds is 10. The molecular formula is C18H30N4O4S. The van der Waals surface area contributed by atoms with Crippen LogP contribution in [0.5, 0.6) is 0 Å². The van der Waals surface area contributed by atoms with Gasteiger partial charge in [-0.1, -0.05) is 6.07 Å². The van der Waals surface area contributed by atoms with Crippen molar-refractivity contribution >= 4 is 15.9 Å². The van der Waals surface area contributed by atoms with E-state index in [1.807, 2.05) is 18.2 Å². The first-order chi connectivity index (χ1) is 13.0. The number of hydrogen-bond acceptors (Lipinski definition) is 6. The van der Waals surface area contributed by atoms with Gasteiger partial charge in [-0.05, 0) is 51.4 Å². The van der Waals surface area contributed by atoms with Crippen molar-refractivity contribution in [1.29, 1.82) is 0 Å². The van der Waals surface area contributed by atoms with Crippen molar-refractivity contribution in [3.05, 3.63) is 30.1 Å². The fourth-order valence-electron chi connectivity index (χ4n) is 3.06. The van der Waals surface area contributed by atoms with E-state index in [2.05, 4.69) is 15.0 Å². The molecule has 2 rings (SSSR count). The monoisotopic (exact) mass is 398 g/mol. The SMILES string of the molecule is CCOCCS(=O)(=O)NCC(=O)N(Cc1ccccn1)C1CCCNCC1. The van der Waals surface area contributed by atoms with Gasteiger partial charge in [-0.2, -0.15) is 0 Å². The predicted octanol–water partition coefficient (Wildman–Crippen LogP) is 0.508. The van der Waals surface area contributed by atoms with Gasteiger partial charge in [0.15, 0.2) is 0 Å². The van der Waals surface area contributed by atoms with Crippen molar-refractivity contribution in [2.75, 3.05) is 38.6 Å². The normalized spacial score (nSPS) is 18.0. The van der Waals surface area contributed by atoms with Gasteiger partial charge in [0.25, 0.3) is 0 Å². The summed E-state index contributed by atoms with van der Waals surface area (Å²) in [6.45, 7) is 4.30. The number of amides is 1. The fraction of sp³-hybridized carbons (Fsp3) is 0.667. The van der Waals surface area contributed by atoms with Gasteiger partial charge in [-0.25, -0.2) is 13.1 Å². The minimum atomic E-state index is -3.54. The lowest BCUT2D eigenvalue weighted by molar-refractivity contribution is -0.133. The van der Waals surface area contributed by atoms with E-state index in [-0.39, 0.29) is 30.9 Å². The number of aromatic nitrogens is 1.